The van der Waals surface area contributed by atoms with E-state index in [2.05, 4.69) is 18.2 Å². The van der Waals surface area contributed by atoms with E-state index in [1.165, 1.54) is 25.7 Å². The molecule has 0 radical (unpaired) electrons. The van der Waals surface area contributed by atoms with Gasteiger partial charge in [0.05, 0.1) is 0 Å². The van der Waals surface area contributed by atoms with E-state index >= 15 is 0 Å². The molecule has 0 aromatic carbocycles. The molecule has 74 valence electrons. The fourth-order valence-electron chi connectivity index (χ4n) is 4.92. The molecule has 5 saturated carbocycles. The quantitative estimate of drug-likeness (QED) is 0.542. The highest BCUT2D eigenvalue weighted by atomic mass is 14.7. The van der Waals surface area contributed by atoms with Crippen LogP contribution in [0.4, 0.5) is 0 Å². The summed E-state index contributed by atoms with van der Waals surface area (Å²) in [6, 6.07) is 0. The third kappa shape index (κ3) is 0.769. The molecule has 14 heavy (non-hydrogen) atoms. The van der Waals surface area contributed by atoms with Gasteiger partial charge in [0.25, 0.3) is 0 Å². The summed E-state index contributed by atoms with van der Waals surface area (Å²) in [6.07, 6.45) is 14.5. The van der Waals surface area contributed by atoms with Crippen molar-refractivity contribution in [3.8, 4) is 0 Å². The van der Waals surface area contributed by atoms with Crippen molar-refractivity contribution < 1.29 is 0 Å². The first-order valence-electron chi connectivity index (χ1n) is 6.31. The molecule has 5 fully saturated rings. The van der Waals surface area contributed by atoms with Gasteiger partial charge in [-0.3, -0.25) is 0 Å². The van der Waals surface area contributed by atoms with Crippen molar-refractivity contribution in [3.63, 3.8) is 0 Å². The smallest absolute Gasteiger partial charge is 0.0135 e. The van der Waals surface area contributed by atoms with Gasteiger partial charge < -0.3 is 0 Å². The van der Waals surface area contributed by atoms with E-state index in [0.29, 0.717) is 0 Å². The van der Waals surface area contributed by atoms with Gasteiger partial charge in [0.15, 0.2) is 0 Å². The molecule has 5 unspecified atom stereocenters. The van der Waals surface area contributed by atoms with E-state index in [9.17, 15) is 0 Å². The first kappa shape index (κ1) is 7.73. The zero-order valence-corrected chi connectivity index (χ0v) is 8.65. The summed E-state index contributed by atoms with van der Waals surface area (Å²) >= 11 is 0. The van der Waals surface area contributed by atoms with Gasteiger partial charge in [-0.1, -0.05) is 23.8 Å². The van der Waals surface area contributed by atoms with E-state index < -0.39 is 0 Å². The van der Waals surface area contributed by atoms with Crippen molar-refractivity contribution in [1.29, 1.82) is 0 Å². The second-order valence-electron chi connectivity index (χ2n) is 5.73. The van der Waals surface area contributed by atoms with Crippen LogP contribution >= 0.6 is 0 Å². The highest BCUT2D eigenvalue weighted by Crippen LogP contribution is 2.72. The lowest BCUT2D eigenvalue weighted by atomic mass is 9.68. The molecule has 6 aliphatic rings. The zero-order valence-electron chi connectivity index (χ0n) is 8.65. The summed E-state index contributed by atoms with van der Waals surface area (Å²) in [7, 11) is 0. The van der Waals surface area contributed by atoms with Crippen molar-refractivity contribution in [2.75, 3.05) is 0 Å². The molecule has 0 aliphatic heterocycles. The summed E-state index contributed by atoms with van der Waals surface area (Å²) in [4.78, 5) is 0. The Kier molecular flexibility index (Phi) is 1.40. The molecule has 6 bridgehead atoms. The van der Waals surface area contributed by atoms with E-state index in [1.54, 1.807) is 6.42 Å². The second-order valence-corrected chi connectivity index (χ2v) is 5.73. The van der Waals surface area contributed by atoms with E-state index in [1.807, 2.05) is 5.57 Å². The van der Waals surface area contributed by atoms with Gasteiger partial charge in [0.1, 0.15) is 0 Å². The maximum absolute atomic E-state index is 2.45. The zero-order chi connectivity index (χ0) is 9.12. The molecule has 0 saturated heterocycles. The normalized spacial score (nSPS) is 59.1. The second kappa shape index (κ2) is 2.53. The molecule has 0 N–H and O–H groups in total. The molecule has 0 aromatic rings. The Bertz CT molecular complexity index is 323. The summed E-state index contributed by atoms with van der Waals surface area (Å²) < 4.78 is 0. The van der Waals surface area contributed by atoms with Gasteiger partial charge in [-0.15, -0.1) is 0 Å². The van der Waals surface area contributed by atoms with E-state index in [4.69, 9.17) is 0 Å². The first-order chi connectivity index (χ1) is 6.95. The van der Waals surface area contributed by atoms with Crippen LogP contribution in [-0.2, 0) is 0 Å². The van der Waals surface area contributed by atoms with Crippen molar-refractivity contribution in [2.24, 2.45) is 29.6 Å². The summed E-state index contributed by atoms with van der Waals surface area (Å²) in [5.41, 5.74) is 1.81. The SMILES string of the molecule is C1=C\CCCC2CC3C4C/C(=C/1)C3C24. The monoisotopic (exact) mass is 186 g/mol. The Balaban J connectivity index is 1.75. The molecule has 0 spiro atoms. The van der Waals surface area contributed by atoms with Crippen LogP contribution in [0.5, 0.6) is 0 Å². The maximum atomic E-state index is 2.45. The predicted octanol–water partition coefficient (Wildman–Crippen LogP) is 3.55. The summed E-state index contributed by atoms with van der Waals surface area (Å²) in [5.74, 6) is 5.56. The van der Waals surface area contributed by atoms with Crippen molar-refractivity contribution >= 4 is 0 Å². The van der Waals surface area contributed by atoms with Gasteiger partial charge in [0, 0.05) is 0 Å². The first-order valence-corrected chi connectivity index (χ1v) is 6.31. The molecule has 6 aliphatic carbocycles. The molecular formula is C14H18. The minimum atomic E-state index is 1.05. The van der Waals surface area contributed by atoms with E-state index in [-0.39, 0.29) is 0 Å². The lowest BCUT2D eigenvalue weighted by Gasteiger charge is -2.36. The fraction of sp³-hybridized carbons (Fsp3) is 0.714. The van der Waals surface area contributed by atoms with Crippen molar-refractivity contribution in [1.82, 2.24) is 0 Å². The average molecular weight is 186 g/mol. The maximum Gasteiger partial charge on any atom is -0.0135 e. The highest BCUT2D eigenvalue weighted by Gasteiger charge is 2.65. The molecule has 0 heteroatoms. The van der Waals surface area contributed by atoms with Gasteiger partial charge in [-0.2, -0.15) is 0 Å². The minimum absolute atomic E-state index is 1.05. The Morgan fingerprint density at radius 3 is 3.14 bits per heavy atom. The van der Waals surface area contributed by atoms with Gasteiger partial charge in [0.2, 0.25) is 0 Å². The van der Waals surface area contributed by atoms with Crippen LogP contribution in [0.2, 0.25) is 0 Å². The Morgan fingerprint density at radius 1 is 1.21 bits per heavy atom. The van der Waals surface area contributed by atoms with Gasteiger partial charge in [-0.25, -0.2) is 0 Å². The van der Waals surface area contributed by atoms with E-state index in [0.717, 1.165) is 29.6 Å². The van der Waals surface area contributed by atoms with Crippen LogP contribution in [0.15, 0.2) is 23.8 Å². The fourth-order valence-corrected chi connectivity index (χ4v) is 4.92. The van der Waals surface area contributed by atoms with Crippen LogP contribution in [0.25, 0.3) is 0 Å². The summed E-state index contributed by atoms with van der Waals surface area (Å²) in [6.45, 7) is 0. The van der Waals surface area contributed by atoms with Crippen LogP contribution in [0, 0.1) is 29.6 Å². The molecular weight excluding hydrogens is 168 g/mol. The largest absolute Gasteiger partial charge is 0.0845 e. The van der Waals surface area contributed by atoms with Crippen molar-refractivity contribution in [2.45, 2.75) is 32.1 Å². The number of allylic oxidation sites excluding steroid dienone is 4. The van der Waals surface area contributed by atoms with Crippen LogP contribution in [0.1, 0.15) is 32.1 Å². The molecule has 6 rings (SSSR count). The topological polar surface area (TPSA) is 0 Å². The third-order valence-corrected chi connectivity index (χ3v) is 5.33. The van der Waals surface area contributed by atoms with Gasteiger partial charge >= 0.3 is 0 Å². The predicted molar refractivity (Wildman–Crippen MR) is 57.8 cm³/mol. The number of hydrogen-bond acceptors (Lipinski definition) is 0. The van der Waals surface area contributed by atoms with Crippen LogP contribution in [0.3, 0.4) is 0 Å². The molecule has 0 aromatic heterocycles. The summed E-state index contributed by atoms with van der Waals surface area (Å²) in [5, 5.41) is 0. The minimum Gasteiger partial charge on any atom is -0.0845 e. The van der Waals surface area contributed by atoms with Crippen LogP contribution in [-0.4, -0.2) is 0 Å². The van der Waals surface area contributed by atoms with Gasteiger partial charge in [-0.05, 0) is 61.7 Å². The number of hydrogen-bond donors (Lipinski definition) is 0. The van der Waals surface area contributed by atoms with Crippen molar-refractivity contribution in [3.05, 3.63) is 23.8 Å². The Labute approximate surface area is 86.1 Å². The standard InChI is InChI=1S/C14H18/c1-2-4-6-10-8-12-11-7-9(5-3-1)13(12)14(10)11/h1,3,5,10-14H,2,4,6-8H2/b3-1-,9-5-. The molecule has 0 heterocycles. The Hall–Kier alpha value is -0.520. The molecule has 0 nitrogen and oxygen atoms in total. The third-order valence-electron chi connectivity index (χ3n) is 5.33. The molecule has 5 atom stereocenters. The average Bonchev–Trinajstić information content (AvgIpc) is 2.82. The Morgan fingerprint density at radius 2 is 2.21 bits per heavy atom. The lowest BCUT2D eigenvalue weighted by Crippen LogP contribution is -2.32. The highest BCUT2D eigenvalue weighted by molar-refractivity contribution is 5.33. The molecule has 0 amide bonds. The number of rotatable bonds is 0. The van der Waals surface area contributed by atoms with Crippen LogP contribution < -0.4 is 0 Å². The lowest BCUT2D eigenvalue weighted by molar-refractivity contribution is 0.127.